The first-order valence-corrected chi connectivity index (χ1v) is 9.13. The molecule has 3 aliphatic heterocycles. The number of carbonyl (C=O) groups is 2. The van der Waals surface area contributed by atoms with Crippen molar-refractivity contribution in [2.24, 2.45) is 0 Å². The van der Waals surface area contributed by atoms with Crippen LogP contribution in [0.25, 0.3) is 0 Å². The van der Waals surface area contributed by atoms with E-state index in [2.05, 4.69) is 9.60 Å². The summed E-state index contributed by atoms with van der Waals surface area (Å²) in [6, 6.07) is -2.24. The van der Waals surface area contributed by atoms with Crippen LogP contribution >= 0.6 is 0 Å². The molecular formula is C12H20N4O7S. The first-order chi connectivity index (χ1) is 11.3. The van der Waals surface area contributed by atoms with E-state index in [0.29, 0.717) is 16.5 Å². The number of urea groups is 1. The van der Waals surface area contributed by atoms with E-state index < -0.39 is 34.4 Å². The van der Waals surface area contributed by atoms with E-state index in [1.165, 1.54) is 0 Å². The summed E-state index contributed by atoms with van der Waals surface area (Å²) >= 11 is 0. The average molecular weight is 364 g/mol. The maximum absolute atomic E-state index is 12.4. The Kier molecular flexibility index (Phi) is 4.66. The van der Waals surface area contributed by atoms with Gasteiger partial charge in [-0.15, -0.1) is 4.28 Å². The third-order valence-electron chi connectivity index (χ3n) is 4.59. The van der Waals surface area contributed by atoms with Gasteiger partial charge in [-0.1, -0.05) is 0 Å². The normalized spacial score (nSPS) is 30.1. The molecule has 11 nitrogen and oxygen atoms in total. The van der Waals surface area contributed by atoms with Crippen molar-refractivity contribution >= 4 is 22.3 Å². The molecule has 3 saturated heterocycles. The summed E-state index contributed by atoms with van der Waals surface area (Å²) < 4.78 is 34.7. The van der Waals surface area contributed by atoms with Crippen molar-refractivity contribution in [1.82, 2.24) is 20.3 Å². The van der Waals surface area contributed by atoms with Crippen LogP contribution in [0.1, 0.15) is 25.7 Å². The van der Waals surface area contributed by atoms with Crippen LogP contribution in [0.2, 0.25) is 0 Å². The second kappa shape index (κ2) is 6.44. The highest BCUT2D eigenvalue weighted by Crippen LogP contribution is 2.31. The Morgan fingerprint density at radius 1 is 1.38 bits per heavy atom. The predicted molar refractivity (Wildman–Crippen MR) is 77.9 cm³/mol. The van der Waals surface area contributed by atoms with Crippen molar-refractivity contribution < 1.29 is 32.1 Å². The highest BCUT2D eigenvalue weighted by molar-refractivity contribution is 7.80. The number of nitrogens with zero attached hydrogens (tertiary/aromatic N) is 3. The molecular weight excluding hydrogens is 344 g/mol. The van der Waals surface area contributed by atoms with E-state index in [0.717, 1.165) is 24.3 Å². The van der Waals surface area contributed by atoms with Gasteiger partial charge in [0.1, 0.15) is 6.04 Å². The van der Waals surface area contributed by atoms with Gasteiger partial charge in [0.15, 0.2) is 0 Å². The van der Waals surface area contributed by atoms with E-state index in [1.54, 1.807) is 0 Å². The molecule has 0 aromatic heterocycles. The maximum atomic E-state index is 12.4. The molecule has 3 atom stereocenters. The Labute approximate surface area is 139 Å². The summed E-state index contributed by atoms with van der Waals surface area (Å²) in [6.07, 6.45) is 2.43. The zero-order valence-electron chi connectivity index (χ0n) is 12.9. The van der Waals surface area contributed by atoms with Crippen LogP contribution < -0.4 is 5.32 Å². The molecule has 3 fully saturated rings. The van der Waals surface area contributed by atoms with Gasteiger partial charge in [-0.25, -0.2) is 9.86 Å². The topological polar surface area (TPSA) is 140 Å². The fourth-order valence-corrected chi connectivity index (χ4v) is 3.86. The average Bonchev–Trinajstić information content (AvgIpc) is 3.09. The lowest BCUT2D eigenvalue weighted by Gasteiger charge is -2.32. The molecule has 0 aliphatic carbocycles. The molecule has 0 spiro atoms. The van der Waals surface area contributed by atoms with E-state index in [4.69, 9.17) is 4.55 Å². The van der Waals surface area contributed by atoms with Crippen molar-refractivity contribution in [2.45, 2.75) is 43.8 Å². The number of nitrogens with one attached hydrogen (secondary N) is 1. The fraction of sp³-hybridized carbons (Fsp3) is 0.833. The summed E-state index contributed by atoms with van der Waals surface area (Å²) in [6.45, 7) is 1.07. The molecule has 3 rings (SSSR count). The Morgan fingerprint density at radius 3 is 2.75 bits per heavy atom. The first kappa shape index (κ1) is 17.4. The molecule has 2 unspecified atom stereocenters. The molecule has 3 N–H and O–H groups in total. The molecule has 3 amide bonds. The smallest absolute Gasteiger partial charge is 0.312 e. The minimum atomic E-state index is -4.82. The largest absolute Gasteiger partial charge is 0.418 e. The van der Waals surface area contributed by atoms with Gasteiger partial charge < -0.3 is 10.2 Å². The Balaban J connectivity index is 1.65. The molecule has 136 valence electrons. The summed E-state index contributed by atoms with van der Waals surface area (Å²) in [7, 11) is -4.82. The Bertz CT molecular complexity index is 621. The molecule has 24 heavy (non-hydrogen) atoms. The van der Waals surface area contributed by atoms with Crippen LogP contribution in [0.4, 0.5) is 4.79 Å². The van der Waals surface area contributed by atoms with Gasteiger partial charge in [0.05, 0.1) is 12.6 Å². The standard InChI is InChI=1S/C12H20N4O7S/c17-11(15(19)6-8-2-1-5-13-8)10-4-3-9-7-14(10)12(18)16(9)23-24(20,21)22/h8-10,13,19H,1-7H2,(H,20,21,22)/t8-,9?,10?/m1/s1. The molecule has 12 heteroatoms. The maximum Gasteiger partial charge on any atom is 0.418 e. The monoisotopic (exact) mass is 364 g/mol. The molecule has 0 aromatic carbocycles. The van der Waals surface area contributed by atoms with E-state index in [9.17, 15) is 23.2 Å². The highest BCUT2D eigenvalue weighted by Gasteiger charge is 2.50. The number of hydrogen-bond donors (Lipinski definition) is 3. The lowest BCUT2D eigenvalue weighted by Crippen LogP contribution is -2.52. The van der Waals surface area contributed by atoms with Crippen LogP contribution in [0.3, 0.4) is 0 Å². The van der Waals surface area contributed by atoms with Crippen LogP contribution in [-0.2, 0) is 19.5 Å². The SMILES string of the molecule is O=C(C1CCC2CN1C(=O)N2OS(=O)(=O)O)N(O)C[C@H]1CCCN1. The van der Waals surface area contributed by atoms with Gasteiger partial charge in [-0.2, -0.15) is 13.5 Å². The van der Waals surface area contributed by atoms with Crippen LogP contribution in [-0.4, -0.2) is 82.9 Å². The number of hydrogen-bond acceptors (Lipinski definition) is 7. The van der Waals surface area contributed by atoms with Crippen LogP contribution in [0, 0.1) is 0 Å². The van der Waals surface area contributed by atoms with Crippen LogP contribution in [0.15, 0.2) is 0 Å². The molecule has 2 bridgehead atoms. The highest BCUT2D eigenvalue weighted by atomic mass is 32.3. The number of carbonyl (C=O) groups excluding carboxylic acids is 2. The third-order valence-corrected chi connectivity index (χ3v) is 4.94. The second-order valence-electron chi connectivity index (χ2n) is 6.22. The summed E-state index contributed by atoms with van der Waals surface area (Å²) in [5, 5.41) is 14.4. The first-order valence-electron chi connectivity index (χ1n) is 7.77. The second-order valence-corrected chi connectivity index (χ2v) is 7.23. The van der Waals surface area contributed by atoms with Crippen molar-refractivity contribution in [2.75, 3.05) is 19.6 Å². The Hall–Kier alpha value is -1.47. The van der Waals surface area contributed by atoms with Gasteiger partial charge in [0, 0.05) is 12.6 Å². The van der Waals surface area contributed by atoms with E-state index in [-0.39, 0.29) is 25.6 Å². The van der Waals surface area contributed by atoms with Crippen molar-refractivity contribution in [3.8, 4) is 0 Å². The van der Waals surface area contributed by atoms with Crippen molar-refractivity contribution in [3.63, 3.8) is 0 Å². The number of piperidine rings is 1. The molecule has 3 aliphatic rings. The predicted octanol–water partition coefficient (Wildman–Crippen LogP) is -1.04. The van der Waals surface area contributed by atoms with E-state index in [1.807, 2.05) is 0 Å². The van der Waals surface area contributed by atoms with Crippen molar-refractivity contribution in [3.05, 3.63) is 0 Å². The fourth-order valence-electron chi connectivity index (χ4n) is 3.47. The van der Waals surface area contributed by atoms with E-state index >= 15 is 0 Å². The van der Waals surface area contributed by atoms with Gasteiger partial charge in [-0.3, -0.25) is 14.6 Å². The van der Waals surface area contributed by atoms with Gasteiger partial charge in [0.25, 0.3) is 5.91 Å². The summed E-state index contributed by atoms with van der Waals surface area (Å²) in [5.41, 5.74) is 0. The van der Waals surface area contributed by atoms with Gasteiger partial charge >= 0.3 is 16.4 Å². The molecule has 0 saturated carbocycles. The lowest BCUT2D eigenvalue weighted by molar-refractivity contribution is -0.172. The molecule has 3 heterocycles. The van der Waals surface area contributed by atoms with Gasteiger partial charge in [0.2, 0.25) is 0 Å². The number of amides is 3. The molecule has 0 radical (unpaired) electrons. The van der Waals surface area contributed by atoms with Crippen molar-refractivity contribution in [1.29, 1.82) is 0 Å². The summed E-state index contributed by atoms with van der Waals surface area (Å²) in [5.74, 6) is -0.607. The minimum absolute atomic E-state index is 0.0175. The third kappa shape index (κ3) is 3.47. The summed E-state index contributed by atoms with van der Waals surface area (Å²) in [4.78, 5) is 25.8. The quantitative estimate of drug-likeness (QED) is 0.319. The zero-order chi connectivity index (χ0) is 17.5. The molecule has 0 aromatic rings. The number of hydroxylamine groups is 4. The Morgan fingerprint density at radius 2 is 2.12 bits per heavy atom. The number of rotatable bonds is 5. The van der Waals surface area contributed by atoms with Crippen LogP contribution in [0.5, 0.6) is 0 Å². The van der Waals surface area contributed by atoms with Gasteiger partial charge in [-0.05, 0) is 32.2 Å². The minimum Gasteiger partial charge on any atom is -0.312 e. The lowest BCUT2D eigenvalue weighted by atomic mass is 10.00. The zero-order valence-corrected chi connectivity index (χ0v) is 13.7. The number of fused-ring (bicyclic) bond motifs is 2.